The molecule has 0 saturated carbocycles. The van der Waals surface area contributed by atoms with Gasteiger partial charge in [0.1, 0.15) is 23.2 Å². The van der Waals surface area contributed by atoms with Crippen LogP contribution in [0.5, 0.6) is 5.75 Å². The van der Waals surface area contributed by atoms with E-state index in [1.54, 1.807) is 38.1 Å². The van der Waals surface area contributed by atoms with E-state index in [9.17, 15) is 14.9 Å². The lowest BCUT2D eigenvalue weighted by atomic mass is 9.82. The number of carbonyl (C=O) groups excluding carboxylic acids is 2. The van der Waals surface area contributed by atoms with E-state index >= 15 is 0 Å². The summed E-state index contributed by atoms with van der Waals surface area (Å²) in [6.07, 6.45) is 0.775. The average molecular weight is 462 g/mol. The topological polar surface area (TPSA) is 124 Å². The van der Waals surface area contributed by atoms with Gasteiger partial charge in [-0.3, -0.25) is 4.79 Å². The third-order valence-electron chi connectivity index (χ3n) is 5.36. The molecule has 2 aromatic rings. The highest BCUT2D eigenvalue weighted by atomic mass is 16.5. The number of nitrogens with one attached hydrogen (secondary N) is 1. The lowest BCUT2D eigenvalue weighted by Gasteiger charge is -2.28. The van der Waals surface area contributed by atoms with Crippen molar-refractivity contribution in [3.05, 3.63) is 82.4 Å². The van der Waals surface area contributed by atoms with Crippen LogP contribution in [0.3, 0.4) is 0 Å². The zero-order valence-electron chi connectivity index (χ0n) is 19.4. The largest absolute Gasteiger partial charge is 0.483 e. The Bertz CT molecular complexity index is 1190. The Morgan fingerprint density at radius 2 is 1.85 bits per heavy atom. The predicted octanol–water partition coefficient (Wildman–Crippen LogP) is 3.91. The third kappa shape index (κ3) is 5.21. The summed E-state index contributed by atoms with van der Waals surface area (Å²) in [7, 11) is 0. The molecule has 8 nitrogen and oxygen atoms in total. The van der Waals surface area contributed by atoms with Crippen LogP contribution >= 0.6 is 0 Å². The van der Waals surface area contributed by atoms with Crippen molar-refractivity contribution >= 4 is 17.6 Å². The van der Waals surface area contributed by atoms with Crippen LogP contribution in [-0.2, 0) is 25.5 Å². The second kappa shape index (κ2) is 11.1. The first-order chi connectivity index (χ1) is 16.4. The fourth-order valence-electron chi connectivity index (χ4n) is 3.80. The van der Waals surface area contributed by atoms with Gasteiger partial charge in [-0.1, -0.05) is 43.3 Å². The van der Waals surface area contributed by atoms with Crippen LogP contribution in [0.15, 0.2) is 71.3 Å². The molecule has 8 heteroatoms. The van der Waals surface area contributed by atoms with Crippen LogP contribution in [0, 0.1) is 11.3 Å². The molecule has 1 heterocycles. The highest BCUT2D eigenvalue weighted by Gasteiger charge is 2.37. The van der Waals surface area contributed by atoms with E-state index in [1.165, 1.54) is 0 Å². The van der Waals surface area contributed by atoms with Crippen molar-refractivity contribution in [1.29, 1.82) is 5.26 Å². The number of amides is 1. The van der Waals surface area contributed by atoms with Gasteiger partial charge in [-0.15, -0.1) is 0 Å². The molecule has 3 N–H and O–H groups in total. The normalized spacial score (nSPS) is 15.3. The van der Waals surface area contributed by atoms with Crippen molar-refractivity contribution < 1.29 is 23.8 Å². The van der Waals surface area contributed by atoms with E-state index in [2.05, 4.69) is 5.32 Å². The highest BCUT2D eigenvalue weighted by molar-refractivity contribution is 5.93. The monoisotopic (exact) mass is 461 g/mol. The molecule has 0 aliphatic carbocycles. The van der Waals surface area contributed by atoms with Crippen molar-refractivity contribution in [2.75, 3.05) is 18.5 Å². The summed E-state index contributed by atoms with van der Waals surface area (Å²) in [6, 6.07) is 16.5. The standard InChI is InChI=1S/C26H27N3O5/c1-4-17-10-6-8-12-20(17)29-22(30)15-33-21-13-9-7-11-18(21)24-19(14-27)25(28)34-16(3)23(24)26(31)32-5-2/h6-13,24H,4-5,15,28H2,1-3H3,(H,29,30). The van der Waals surface area contributed by atoms with E-state index < -0.39 is 11.9 Å². The number of allylic oxidation sites excluding steroid dienone is 2. The number of nitriles is 1. The molecular formula is C26H27N3O5. The van der Waals surface area contributed by atoms with Gasteiger partial charge in [0, 0.05) is 11.3 Å². The Morgan fingerprint density at radius 1 is 1.15 bits per heavy atom. The van der Waals surface area contributed by atoms with Crippen molar-refractivity contribution in [3.63, 3.8) is 0 Å². The van der Waals surface area contributed by atoms with Crippen molar-refractivity contribution in [2.24, 2.45) is 5.73 Å². The average Bonchev–Trinajstić information content (AvgIpc) is 2.83. The molecule has 0 fully saturated rings. The zero-order valence-corrected chi connectivity index (χ0v) is 19.4. The number of rotatable bonds is 8. The van der Waals surface area contributed by atoms with Gasteiger partial charge in [0.15, 0.2) is 6.61 Å². The van der Waals surface area contributed by atoms with Crippen LogP contribution in [-0.4, -0.2) is 25.1 Å². The van der Waals surface area contributed by atoms with Crippen molar-refractivity contribution in [1.82, 2.24) is 0 Å². The van der Waals surface area contributed by atoms with E-state index in [-0.39, 0.29) is 41.9 Å². The smallest absolute Gasteiger partial charge is 0.338 e. The minimum atomic E-state index is -0.863. The van der Waals surface area contributed by atoms with E-state index in [4.69, 9.17) is 19.9 Å². The number of nitrogens with two attached hydrogens (primary N) is 1. The Kier molecular flexibility index (Phi) is 7.93. The molecule has 0 saturated heterocycles. The van der Waals surface area contributed by atoms with Gasteiger partial charge in [0.2, 0.25) is 5.88 Å². The first kappa shape index (κ1) is 24.4. The number of nitrogens with zero attached hydrogens (tertiary/aromatic N) is 1. The maximum atomic E-state index is 12.8. The number of ether oxygens (including phenoxy) is 3. The van der Waals surface area contributed by atoms with Crippen LogP contribution < -0.4 is 15.8 Å². The van der Waals surface area contributed by atoms with E-state index in [0.29, 0.717) is 11.3 Å². The fourth-order valence-corrected chi connectivity index (χ4v) is 3.80. The van der Waals surface area contributed by atoms with Crippen LogP contribution in [0.25, 0.3) is 0 Å². The number of hydrogen-bond donors (Lipinski definition) is 2. The van der Waals surface area contributed by atoms with Gasteiger partial charge in [0.25, 0.3) is 5.91 Å². The summed E-state index contributed by atoms with van der Waals surface area (Å²) in [4.78, 5) is 25.4. The summed E-state index contributed by atoms with van der Waals surface area (Å²) >= 11 is 0. The van der Waals surface area contributed by atoms with Crippen molar-refractivity contribution in [3.8, 4) is 11.8 Å². The summed E-state index contributed by atoms with van der Waals surface area (Å²) in [5, 5.41) is 12.6. The summed E-state index contributed by atoms with van der Waals surface area (Å²) < 4.78 is 16.5. The lowest BCUT2D eigenvalue weighted by Crippen LogP contribution is -2.26. The Labute approximate surface area is 198 Å². The summed E-state index contributed by atoms with van der Waals surface area (Å²) in [6.45, 7) is 5.17. The quantitative estimate of drug-likeness (QED) is 0.571. The van der Waals surface area contributed by atoms with Gasteiger partial charge in [0.05, 0.1) is 18.1 Å². The lowest BCUT2D eigenvalue weighted by molar-refractivity contribution is -0.139. The first-order valence-corrected chi connectivity index (χ1v) is 11.0. The minimum Gasteiger partial charge on any atom is -0.483 e. The Hall–Kier alpha value is -4.25. The molecule has 3 rings (SSSR count). The van der Waals surface area contributed by atoms with Gasteiger partial charge >= 0.3 is 5.97 Å². The molecule has 1 aliphatic rings. The second-order valence-corrected chi connectivity index (χ2v) is 7.50. The molecule has 0 spiro atoms. The van der Waals surface area contributed by atoms with E-state index in [1.807, 2.05) is 37.3 Å². The number of benzene rings is 2. The summed E-state index contributed by atoms with van der Waals surface area (Å²) in [5.41, 5.74) is 8.42. The molecule has 1 unspecified atom stereocenters. The van der Waals surface area contributed by atoms with Crippen LogP contribution in [0.1, 0.15) is 37.8 Å². The van der Waals surface area contributed by atoms with Gasteiger partial charge in [-0.25, -0.2) is 4.79 Å². The number of para-hydroxylation sites is 2. The molecule has 0 aromatic heterocycles. The Balaban J connectivity index is 1.90. The molecule has 1 amide bonds. The number of anilines is 1. The molecular weight excluding hydrogens is 434 g/mol. The molecule has 0 bridgehead atoms. The summed E-state index contributed by atoms with van der Waals surface area (Å²) in [5.74, 6) is -1.34. The van der Waals surface area contributed by atoms with E-state index in [0.717, 1.165) is 17.7 Å². The number of aryl methyl sites for hydroxylation is 1. The minimum absolute atomic E-state index is 0.0611. The van der Waals surface area contributed by atoms with Crippen LogP contribution in [0.4, 0.5) is 5.69 Å². The SMILES string of the molecule is CCOC(=O)C1=C(C)OC(N)=C(C#N)C1c1ccccc1OCC(=O)Nc1ccccc1CC. The predicted molar refractivity (Wildman–Crippen MR) is 126 cm³/mol. The maximum absolute atomic E-state index is 12.8. The third-order valence-corrected chi connectivity index (χ3v) is 5.36. The molecule has 1 aliphatic heterocycles. The number of esters is 1. The number of carbonyl (C=O) groups is 2. The van der Waals surface area contributed by atoms with Gasteiger partial charge < -0.3 is 25.3 Å². The first-order valence-electron chi connectivity index (χ1n) is 11.0. The molecule has 0 radical (unpaired) electrons. The molecule has 176 valence electrons. The fraction of sp³-hybridized carbons (Fsp3) is 0.269. The Morgan fingerprint density at radius 3 is 2.56 bits per heavy atom. The van der Waals surface area contributed by atoms with Crippen molar-refractivity contribution in [2.45, 2.75) is 33.1 Å². The molecule has 2 aromatic carbocycles. The molecule has 1 atom stereocenters. The van der Waals surface area contributed by atoms with Crippen LogP contribution in [0.2, 0.25) is 0 Å². The second-order valence-electron chi connectivity index (χ2n) is 7.50. The zero-order chi connectivity index (χ0) is 24.7. The number of hydrogen-bond acceptors (Lipinski definition) is 7. The molecule has 34 heavy (non-hydrogen) atoms. The maximum Gasteiger partial charge on any atom is 0.338 e. The van der Waals surface area contributed by atoms with Gasteiger partial charge in [-0.2, -0.15) is 5.26 Å². The van der Waals surface area contributed by atoms with Gasteiger partial charge in [-0.05, 0) is 38.0 Å². The highest BCUT2D eigenvalue weighted by Crippen LogP contribution is 2.42.